The number of ether oxygens (including phenoxy) is 1. The van der Waals surface area contributed by atoms with Crippen LogP contribution < -0.4 is 10.2 Å². The first-order chi connectivity index (χ1) is 9.38. The van der Waals surface area contributed by atoms with Crippen LogP contribution in [0.4, 0.5) is 5.69 Å². The van der Waals surface area contributed by atoms with E-state index in [0.717, 1.165) is 13.0 Å². The van der Waals surface area contributed by atoms with Gasteiger partial charge in [-0.3, -0.25) is 4.79 Å². The van der Waals surface area contributed by atoms with Gasteiger partial charge in [0.05, 0.1) is 5.60 Å². The molecular formula is C16H26N2O2. The van der Waals surface area contributed by atoms with Crippen molar-refractivity contribution in [2.45, 2.75) is 32.8 Å². The molecule has 0 spiro atoms. The molecule has 0 aliphatic heterocycles. The van der Waals surface area contributed by atoms with Gasteiger partial charge in [-0.15, -0.1) is 0 Å². The largest absolute Gasteiger partial charge is 0.375 e. The summed E-state index contributed by atoms with van der Waals surface area (Å²) >= 11 is 0. The van der Waals surface area contributed by atoms with Crippen LogP contribution in [0.5, 0.6) is 0 Å². The highest BCUT2D eigenvalue weighted by Crippen LogP contribution is 2.10. The number of nitrogens with zero attached hydrogens (tertiary/aromatic N) is 1. The van der Waals surface area contributed by atoms with Gasteiger partial charge in [-0.05, 0) is 39.3 Å². The van der Waals surface area contributed by atoms with Crippen LogP contribution in [0.25, 0.3) is 0 Å². The lowest BCUT2D eigenvalue weighted by atomic mass is 10.2. The molecule has 0 fully saturated rings. The van der Waals surface area contributed by atoms with Crippen molar-refractivity contribution < 1.29 is 9.53 Å². The summed E-state index contributed by atoms with van der Waals surface area (Å²) in [6.07, 6.45) is 0.909. The van der Waals surface area contributed by atoms with Crippen LogP contribution in [-0.4, -0.2) is 38.3 Å². The van der Waals surface area contributed by atoms with Crippen molar-refractivity contribution in [3.8, 4) is 0 Å². The van der Waals surface area contributed by atoms with Gasteiger partial charge in [0.15, 0.2) is 0 Å². The van der Waals surface area contributed by atoms with Crippen LogP contribution in [0, 0.1) is 0 Å². The van der Waals surface area contributed by atoms with Gasteiger partial charge in [-0.2, -0.15) is 0 Å². The third kappa shape index (κ3) is 7.14. The summed E-state index contributed by atoms with van der Waals surface area (Å²) in [4.78, 5) is 13.7. The molecule has 0 unspecified atom stereocenters. The molecule has 20 heavy (non-hydrogen) atoms. The summed E-state index contributed by atoms with van der Waals surface area (Å²) in [5.41, 5.74) is 0.917. The van der Waals surface area contributed by atoms with E-state index in [0.29, 0.717) is 6.54 Å². The van der Waals surface area contributed by atoms with E-state index in [-0.39, 0.29) is 18.1 Å². The number of hydrogen-bond acceptors (Lipinski definition) is 3. The summed E-state index contributed by atoms with van der Waals surface area (Å²) in [7, 11) is 2.06. The highest BCUT2D eigenvalue weighted by molar-refractivity contribution is 5.77. The zero-order chi connectivity index (χ0) is 15.0. The summed E-state index contributed by atoms with van der Waals surface area (Å²) in [5, 5.41) is 2.87. The van der Waals surface area contributed by atoms with Crippen LogP contribution in [-0.2, 0) is 9.53 Å². The fraction of sp³-hybridized carbons (Fsp3) is 0.562. The zero-order valence-corrected chi connectivity index (χ0v) is 13.0. The van der Waals surface area contributed by atoms with Gasteiger partial charge in [0.1, 0.15) is 6.61 Å². The molecule has 0 heterocycles. The lowest BCUT2D eigenvalue weighted by molar-refractivity contribution is -0.130. The van der Waals surface area contributed by atoms with Crippen LogP contribution >= 0.6 is 0 Å². The topological polar surface area (TPSA) is 41.6 Å². The van der Waals surface area contributed by atoms with Crippen molar-refractivity contribution in [1.82, 2.24) is 5.32 Å². The molecule has 1 rings (SSSR count). The van der Waals surface area contributed by atoms with E-state index in [1.165, 1.54) is 5.69 Å². The number of carbonyl (C=O) groups is 1. The molecule has 1 amide bonds. The average Bonchev–Trinajstić information content (AvgIpc) is 2.41. The van der Waals surface area contributed by atoms with Gasteiger partial charge in [-0.25, -0.2) is 0 Å². The second kappa shape index (κ2) is 7.90. The normalized spacial score (nSPS) is 11.2. The minimum Gasteiger partial charge on any atom is -0.375 e. The average molecular weight is 278 g/mol. The van der Waals surface area contributed by atoms with Crippen molar-refractivity contribution >= 4 is 11.6 Å². The molecule has 1 aromatic carbocycles. The number of rotatable bonds is 7. The molecule has 1 aromatic rings. The molecule has 0 radical (unpaired) electrons. The number of para-hydroxylation sites is 1. The van der Waals surface area contributed by atoms with Gasteiger partial charge in [0, 0.05) is 25.8 Å². The molecule has 0 bridgehead atoms. The van der Waals surface area contributed by atoms with Crippen molar-refractivity contribution in [1.29, 1.82) is 0 Å². The Morgan fingerprint density at radius 1 is 1.25 bits per heavy atom. The van der Waals surface area contributed by atoms with E-state index in [1.807, 2.05) is 39.0 Å². The maximum absolute atomic E-state index is 11.6. The highest BCUT2D eigenvalue weighted by atomic mass is 16.5. The van der Waals surface area contributed by atoms with Crippen LogP contribution in [0.3, 0.4) is 0 Å². The number of carbonyl (C=O) groups excluding carboxylic acids is 1. The van der Waals surface area contributed by atoms with E-state index in [9.17, 15) is 4.79 Å². The van der Waals surface area contributed by atoms with Gasteiger partial charge in [0.25, 0.3) is 0 Å². The third-order valence-corrected chi connectivity index (χ3v) is 2.83. The molecule has 0 aliphatic carbocycles. The Kier molecular flexibility index (Phi) is 6.52. The standard InChI is InChI=1S/C16H26N2O2/c1-16(2,3)20-13-15(19)17-11-8-12-18(4)14-9-6-5-7-10-14/h5-7,9-10H,8,11-13H2,1-4H3,(H,17,19). The van der Waals surface area contributed by atoms with E-state index in [2.05, 4.69) is 29.4 Å². The fourth-order valence-corrected chi connectivity index (χ4v) is 1.69. The van der Waals surface area contributed by atoms with Gasteiger partial charge >= 0.3 is 0 Å². The number of benzene rings is 1. The first-order valence-corrected chi connectivity index (χ1v) is 7.05. The molecule has 0 atom stereocenters. The van der Waals surface area contributed by atoms with Crippen LogP contribution in [0.2, 0.25) is 0 Å². The Morgan fingerprint density at radius 2 is 1.90 bits per heavy atom. The molecule has 4 nitrogen and oxygen atoms in total. The molecule has 0 saturated heterocycles. The predicted octanol–water partition coefficient (Wildman–Crippen LogP) is 2.44. The second-order valence-electron chi connectivity index (χ2n) is 5.86. The number of nitrogens with one attached hydrogen (secondary N) is 1. The van der Waals surface area contributed by atoms with Crippen LogP contribution in [0.1, 0.15) is 27.2 Å². The zero-order valence-electron chi connectivity index (χ0n) is 13.0. The second-order valence-corrected chi connectivity index (χ2v) is 5.86. The third-order valence-electron chi connectivity index (χ3n) is 2.83. The Labute approximate surface area is 122 Å². The van der Waals surface area contributed by atoms with Crippen LogP contribution in [0.15, 0.2) is 30.3 Å². The first kappa shape index (κ1) is 16.5. The lowest BCUT2D eigenvalue weighted by Crippen LogP contribution is -2.33. The molecule has 0 aliphatic rings. The van der Waals surface area contributed by atoms with E-state index in [4.69, 9.17) is 4.74 Å². The molecule has 4 heteroatoms. The maximum atomic E-state index is 11.6. The molecule has 0 aromatic heterocycles. The fourth-order valence-electron chi connectivity index (χ4n) is 1.69. The van der Waals surface area contributed by atoms with Gasteiger partial charge in [-0.1, -0.05) is 18.2 Å². The summed E-state index contributed by atoms with van der Waals surface area (Å²) in [6, 6.07) is 10.2. The number of hydrogen-bond donors (Lipinski definition) is 1. The Bertz CT molecular complexity index is 399. The van der Waals surface area contributed by atoms with E-state index in [1.54, 1.807) is 0 Å². The number of anilines is 1. The van der Waals surface area contributed by atoms with Crippen molar-refractivity contribution in [3.63, 3.8) is 0 Å². The predicted molar refractivity (Wildman–Crippen MR) is 83.0 cm³/mol. The smallest absolute Gasteiger partial charge is 0.246 e. The Hall–Kier alpha value is -1.55. The quantitative estimate of drug-likeness (QED) is 0.779. The molecule has 0 saturated carbocycles. The monoisotopic (exact) mass is 278 g/mol. The van der Waals surface area contributed by atoms with Gasteiger partial charge in [0.2, 0.25) is 5.91 Å². The van der Waals surface area contributed by atoms with Crippen molar-refractivity contribution in [2.75, 3.05) is 31.6 Å². The lowest BCUT2D eigenvalue weighted by Gasteiger charge is -2.20. The van der Waals surface area contributed by atoms with E-state index < -0.39 is 0 Å². The minimum atomic E-state index is -0.273. The summed E-state index contributed by atoms with van der Waals surface area (Å²) < 4.78 is 5.42. The maximum Gasteiger partial charge on any atom is 0.246 e. The molecule has 1 N–H and O–H groups in total. The minimum absolute atomic E-state index is 0.0534. The van der Waals surface area contributed by atoms with Gasteiger partial charge < -0.3 is 15.0 Å². The van der Waals surface area contributed by atoms with Crippen molar-refractivity contribution in [3.05, 3.63) is 30.3 Å². The SMILES string of the molecule is CN(CCCNC(=O)COC(C)(C)C)c1ccccc1. The molecular weight excluding hydrogens is 252 g/mol. The van der Waals surface area contributed by atoms with Crippen molar-refractivity contribution in [2.24, 2.45) is 0 Å². The van der Waals surface area contributed by atoms with E-state index >= 15 is 0 Å². The summed E-state index contributed by atoms with van der Waals surface area (Å²) in [5.74, 6) is -0.0534. The highest BCUT2D eigenvalue weighted by Gasteiger charge is 2.12. The summed E-state index contributed by atoms with van der Waals surface area (Å²) in [6.45, 7) is 7.52. The number of amides is 1. The Balaban J connectivity index is 2.14. The Morgan fingerprint density at radius 3 is 2.50 bits per heavy atom. The molecule has 112 valence electrons. The first-order valence-electron chi connectivity index (χ1n) is 7.05.